The number of aliphatic hydroxyl groups excluding tert-OH is 1. The van der Waals surface area contributed by atoms with Gasteiger partial charge >= 0.3 is 0 Å². The van der Waals surface area contributed by atoms with Crippen molar-refractivity contribution in [3.05, 3.63) is 11.6 Å². The van der Waals surface area contributed by atoms with Crippen molar-refractivity contribution < 1.29 is 5.11 Å². The lowest BCUT2D eigenvalue weighted by Crippen LogP contribution is -2.18. The van der Waals surface area contributed by atoms with Crippen LogP contribution in [0.25, 0.3) is 0 Å². The summed E-state index contributed by atoms with van der Waals surface area (Å²) in [6, 6.07) is 0. The molecule has 5 heteroatoms. The number of aliphatic hydroxyl groups is 1. The molecule has 0 aliphatic carbocycles. The first-order valence-electron chi connectivity index (χ1n) is 5.94. The molecule has 0 bridgehead atoms. The van der Waals surface area contributed by atoms with E-state index in [0.717, 1.165) is 31.2 Å². The highest BCUT2D eigenvalue weighted by Gasteiger charge is 2.19. The largest absolute Gasteiger partial charge is 0.392 e. The Labute approximate surface area is 95.9 Å². The van der Waals surface area contributed by atoms with Gasteiger partial charge in [0.2, 0.25) is 0 Å². The lowest BCUT2D eigenvalue weighted by Gasteiger charge is -2.12. The standard InChI is InChI=1S/C11H20N4O/c1-8(16)7-15-9(2)13-14-11(15)5-10-3-4-12-6-10/h8,10,12,16H,3-7H2,1-2H3. The molecule has 2 N–H and O–H groups in total. The van der Waals surface area contributed by atoms with Gasteiger partial charge in [0.15, 0.2) is 0 Å². The summed E-state index contributed by atoms with van der Waals surface area (Å²) in [4.78, 5) is 0. The summed E-state index contributed by atoms with van der Waals surface area (Å²) in [6.07, 6.45) is 1.82. The van der Waals surface area contributed by atoms with Crippen LogP contribution in [-0.2, 0) is 13.0 Å². The van der Waals surface area contributed by atoms with E-state index in [1.54, 1.807) is 6.92 Å². The predicted octanol–water partition coefficient (Wildman–Crippen LogP) is 0.119. The van der Waals surface area contributed by atoms with Crippen LogP contribution in [0.2, 0.25) is 0 Å². The third kappa shape index (κ3) is 2.59. The van der Waals surface area contributed by atoms with Crippen LogP contribution in [0, 0.1) is 12.8 Å². The fourth-order valence-electron chi connectivity index (χ4n) is 2.22. The van der Waals surface area contributed by atoms with Gasteiger partial charge in [0, 0.05) is 6.42 Å². The first kappa shape index (κ1) is 11.5. The molecule has 0 aromatic carbocycles. The molecule has 1 aromatic heterocycles. The predicted molar refractivity (Wildman–Crippen MR) is 61.1 cm³/mol. The Morgan fingerprint density at radius 2 is 2.38 bits per heavy atom. The van der Waals surface area contributed by atoms with Crippen LogP contribution in [0.15, 0.2) is 0 Å². The van der Waals surface area contributed by atoms with Gasteiger partial charge in [-0.15, -0.1) is 10.2 Å². The third-order valence-corrected chi connectivity index (χ3v) is 3.09. The molecular formula is C11H20N4O. The van der Waals surface area contributed by atoms with E-state index in [2.05, 4.69) is 15.5 Å². The van der Waals surface area contributed by atoms with Gasteiger partial charge < -0.3 is 15.0 Å². The van der Waals surface area contributed by atoms with Crippen LogP contribution >= 0.6 is 0 Å². The van der Waals surface area contributed by atoms with E-state index in [0.29, 0.717) is 12.5 Å². The summed E-state index contributed by atoms with van der Waals surface area (Å²) >= 11 is 0. The molecule has 1 aliphatic rings. The molecule has 5 nitrogen and oxygen atoms in total. The van der Waals surface area contributed by atoms with Crippen LogP contribution in [-0.4, -0.2) is 39.1 Å². The lowest BCUT2D eigenvalue weighted by atomic mass is 10.0. The van der Waals surface area contributed by atoms with Crippen molar-refractivity contribution in [1.29, 1.82) is 0 Å². The highest BCUT2D eigenvalue weighted by Crippen LogP contribution is 2.15. The van der Waals surface area contributed by atoms with E-state index in [9.17, 15) is 5.11 Å². The number of aryl methyl sites for hydroxylation is 1. The van der Waals surface area contributed by atoms with Crippen LogP contribution in [0.5, 0.6) is 0 Å². The van der Waals surface area contributed by atoms with Crippen LogP contribution in [0.4, 0.5) is 0 Å². The number of aromatic nitrogens is 3. The van der Waals surface area contributed by atoms with Crippen molar-refractivity contribution in [3.8, 4) is 0 Å². The Bertz CT molecular complexity index is 342. The number of hydrogen-bond acceptors (Lipinski definition) is 4. The van der Waals surface area contributed by atoms with Crippen LogP contribution in [0.3, 0.4) is 0 Å². The fourth-order valence-corrected chi connectivity index (χ4v) is 2.22. The van der Waals surface area contributed by atoms with E-state index < -0.39 is 0 Å². The molecule has 90 valence electrons. The maximum absolute atomic E-state index is 9.45. The quantitative estimate of drug-likeness (QED) is 0.762. The van der Waals surface area contributed by atoms with Gasteiger partial charge in [0.1, 0.15) is 11.6 Å². The summed E-state index contributed by atoms with van der Waals surface area (Å²) in [6.45, 7) is 6.50. The van der Waals surface area contributed by atoms with Gasteiger partial charge in [-0.05, 0) is 39.3 Å². The van der Waals surface area contributed by atoms with Gasteiger partial charge in [-0.25, -0.2) is 0 Å². The Kier molecular flexibility index (Phi) is 3.56. The molecule has 2 rings (SSSR count). The molecule has 1 fully saturated rings. The van der Waals surface area contributed by atoms with Crippen molar-refractivity contribution in [2.75, 3.05) is 13.1 Å². The topological polar surface area (TPSA) is 63.0 Å². The average molecular weight is 224 g/mol. The summed E-state index contributed by atoms with van der Waals surface area (Å²) in [5, 5.41) is 21.1. The summed E-state index contributed by atoms with van der Waals surface area (Å²) in [5.41, 5.74) is 0. The lowest BCUT2D eigenvalue weighted by molar-refractivity contribution is 0.171. The van der Waals surface area contributed by atoms with Crippen molar-refractivity contribution in [3.63, 3.8) is 0 Å². The highest BCUT2D eigenvalue weighted by molar-refractivity contribution is 4.97. The second kappa shape index (κ2) is 4.93. The molecule has 1 saturated heterocycles. The zero-order valence-electron chi connectivity index (χ0n) is 9.98. The maximum Gasteiger partial charge on any atom is 0.133 e. The first-order chi connectivity index (χ1) is 7.66. The monoisotopic (exact) mass is 224 g/mol. The second-order valence-corrected chi connectivity index (χ2v) is 4.69. The summed E-state index contributed by atoms with van der Waals surface area (Å²) in [5.74, 6) is 2.56. The van der Waals surface area contributed by atoms with E-state index in [-0.39, 0.29) is 6.10 Å². The summed E-state index contributed by atoms with van der Waals surface area (Å²) in [7, 11) is 0. The molecule has 2 heterocycles. The molecule has 2 atom stereocenters. The van der Waals surface area contributed by atoms with Crippen molar-refractivity contribution >= 4 is 0 Å². The van der Waals surface area contributed by atoms with Gasteiger partial charge in [-0.3, -0.25) is 0 Å². The molecule has 0 radical (unpaired) electrons. The zero-order valence-corrected chi connectivity index (χ0v) is 9.98. The van der Waals surface area contributed by atoms with Gasteiger partial charge in [0.25, 0.3) is 0 Å². The molecule has 0 amide bonds. The van der Waals surface area contributed by atoms with Crippen LogP contribution < -0.4 is 5.32 Å². The molecule has 0 saturated carbocycles. The van der Waals surface area contributed by atoms with Gasteiger partial charge in [-0.2, -0.15) is 0 Å². The van der Waals surface area contributed by atoms with Crippen molar-refractivity contribution in [2.24, 2.45) is 5.92 Å². The molecule has 0 spiro atoms. The minimum absolute atomic E-state index is 0.352. The van der Waals surface area contributed by atoms with E-state index >= 15 is 0 Å². The molecule has 1 aromatic rings. The SMILES string of the molecule is Cc1nnc(CC2CCNC2)n1CC(C)O. The Hall–Kier alpha value is -0.940. The number of nitrogens with one attached hydrogen (secondary N) is 1. The highest BCUT2D eigenvalue weighted by atomic mass is 16.3. The van der Waals surface area contributed by atoms with Crippen molar-refractivity contribution in [2.45, 2.75) is 39.3 Å². The molecular weight excluding hydrogens is 204 g/mol. The number of hydrogen-bond donors (Lipinski definition) is 2. The van der Waals surface area contributed by atoms with E-state index in [1.807, 2.05) is 11.5 Å². The zero-order chi connectivity index (χ0) is 11.5. The Balaban J connectivity index is 2.07. The maximum atomic E-state index is 9.45. The minimum atomic E-state index is -0.352. The van der Waals surface area contributed by atoms with Crippen LogP contribution in [0.1, 0.15) is 25.0 Å². The smallest absolute Gasteiger partial charge is 0.133 e. The minimum Gasteiger partial charge on any atom is -0.392 e. The molecule has 16 heavy (non-hydrogen) atoms. The van der Waals surface area contributed by atoms with Crippen molar-refractivity contribution in [1.82, 2.24) is 20.1 Å². The molecule has 1 aliphatic heterocycles. The van der Waals surface area contributed by atoms with Gasteiger partial charge in [-0.1, -0.05) is 0 Å². The average Bonchev–Trinajstić information content (AvgIpc) is 2.82. The second-order valence-electron chi connectivity index (χ2n) is 4.69. The normalized spacial score (nSPS) is 22.6. The first-order valence-corrected chi connectivity index (χ1v) is 5.94. The van der Waals surface area contributed by atoms with Gasteiger partial charge in [0.05, 0.1) is 12.6 Å². The Morgan fingerprint density at radius 3 is 3.00 bits per heavy atom. The summed E-state index contributed by atoms with van der Waals surface area (Å²) < 4.78 is 2.03. The Morgan fingerprint density at radius 1 is 1.56 bits per heavy atom. The van der Waals surface area contributed by atoms with E-state index in [1.165, 1.54) is 6.42 Å². The number of nitrogens with zero attached hydrogens (tertiary/aromatic N) is 3. The number of rotatable bonds is 4. The van der Waals surface area contributed by atoms with E-state index in [4.69, 9.17) is 0 Å². The fraction of sp³-hybridized carbons (Fsp3) is 0.818. The third-order valence-electron chi connectivity index (χ3n) is 3.09. The molecule has 2 unspecified atom stereocenters.